The fourth-order valence-electron chi connectivity index (χ4n) is 3.79. The molecule has 15 nitrogen and oxygen atoms in total. The molecule has 1 fully saturated rings. The molecular weight excluding hydrogens is 514 g/mol. The van der Waals surface area contributed by atoms with Gasteiger partial charge < -0.3 is 30.7 Å². The Morgan fingerprint density at radius 2 is 2.28 bits per heavy atom. The largest absolute Gasteiger partial charge is 0.543 e. The van der Waals surface area contributed by atoms with Crippen molar-refractivity contribution in [1.29, 1.82) is 0 Å². The lowest BCUT2D eigenvalue weighted by atomic mass is 10.0. The van der Waals surface area contributed by atoms with Crippen LogP contribution in [0.3, 0.4) is 0 Å². The molecule has 0 bridgehead atoms. The molecule has 2 amide bonds. The highest BCUT2D eigenvalue weighted by atomic mass is 32.2. The number of pyridine rings is 1. The number of nitrogen functional groups attached to an aromatic ring is 1. The second-order valence-corrected chi connectivity index (χ2v) is 9.41. The molecule has 0 spiro atoms. The summed E-state index contributed by atoms with van der Waals surface area (Å²) in [5, 5.41) is 29.6. The molecule has 0 aliphatic carbocycles. The van der Waals surface area contributed by atoms with Gasteiger partial charge in [0.2, 0.25) is 11.5 Å². The predicted molar refractivity (Wildman–Crippen MR) is 120 cm³/mol. The summed E-state index contributed by atoms with van der Waals surface area (Å²) in [7, 11) is 0. The van der Waals surface area contributed by atoms with E-state index in [0.717, 1.165) is 16.4 Å². The van der Waals surface area contributed by atoms with Gasteiger partial charge in [0.05, 0.1) is 11.7 Å². The molecule has 0 saturated carbocycles. The molecule has 4 N–H and O–H groups in total. The van der Waals surface area contributed by atoms with Gasteiger partial charge in [-0.2, -0.15) is 14.3 Å². The van der Waals surface area contributed by atoms with Crippen LogP contribution in [-0.4, -0.2) is 70.3 Å². The molecule has 1 saturated heterocycles. The summed E-state index contributed by atoms with van der Waals surface area (Å²) in [5.41, 5.74) is 5.80. The first kappa shape index (κ1) is 23.4. The minimum Gasteiger partial charge on any atom is -0.543 e. The summed E-state index contributed by atoms with van der Waals surface area (Å²) in [4.78, 5) is 46.4. The molecule has 0 aromatic carbocycles. The van der Waals surface area contributed by atoms with Gasteiger partial charge >= 0.3 is 0 Å². The number of oxime groups is 1. The monoisotopic (exact) mass is 529 g/mol. The van der Waals surface area contributed by atoms with Crippen LogP contribution in [0.25, 0.3) is 11.5 Å². The maximum absolute atomic E-state index is 12.9. The van der Waals surface area contributed by atoms with E-state index in [1.54, 1.807) is 29.1 Å². The van der Waals surface area contributed by atoms with Crippen molar-refractivity contribution >= 4 is 51.9 Å². The third-order valence-electron chi connectivity index (χ3n) is 5.34. The number of β-lactam (4-membered cyclic amide) rings is 1. The number of anilines is 1. The van der Waals surface area contributed by atoms with E-state index in [-0.39, 0.29) is 29.0 Å². The van der Waals surface area contributed by atoms with Gasteiger partial charge in [-0.05, 0) is 6.07 Å². The van der Waals surface area contributed by atoms with E-state index in [2.05, 4.69) is 30.0 Å². The van der Waals surface area contributed by atoms with Crippen molar-refractivity contribution in [3.05, 3.63) is 47.9 Å². The van der Waals surface area contributed by atoms with E-state index in [4.69, 9.17) is 10.3 Å². The number of carboxylic acids is 1. The van der Waals surface area contributed by atoms with Crippen molar-refractivity contribution < 1.29 is 33.8 Å². The molecule has 2 aliphatic heterocycles. The summed E-state index contributed by atoms with van der Waals surface area (Å²) >= 11 is 2.07. The number of amides is 2. The second-order valence-electron chi connectivity index (χ2n) is 7.52. The lowest BCUT2D eigenvalue weighted by Crippen LogP contribution is -2.71. The van der Waals surface area contributed by atoms with Crippen molar-refractivity contribution in [2.24, 2.45) is 5.16 Å². The van der Waals surface area contributed by atoms with Gasteiger partial charge in [0.15, 0.2) is 30.4 Å². The molecule has 184 valence electrons. The molecule has 3 aromatic heterocycles. The highest BCUT2D eigenvalue weighted by molar-refractivity contribution is 8.00. The van der Waals surface area contributed by atoms with Crippen LogP contribution in [-0.2, 0) is 20.9 Å². The summed E-state index contributed by atoms with van der Waals surface area (Å²) in [6, 6.07) is 2.44. The molecule has 2 aliphatic rings. The quantitative estimate of drug-likeness (QED) is 0.0971. The molecule has 3 aromatic rings. The van der Waals surface area contributed by atoms with E-state index in [1.165, 1.54) is 18.1 Å². The van der Waals surface area contributed by atoms with Gasteiger partial charge in [0.25, 0.3) is 17.7 Å². The Morgan fingerprint density at radius 3 is 2.94 bits per heavy atom. The standard InChI is InChI=1S/C19H15N9O6S2/c20-19-24-13(26-36-19)10(25-33)14(29)23-11-16(30)28-12(18(31)32)9(6-35-17(11)28)5-27-3-1-2-8(4-27)15-21-7-22-34-15/h1-4,7,11,17H,5-6H2,(H4-,20,23,24,26,29,31,32,33)/t11-,17-/m1/s1. The zero-order chi connectivity index (χ0) is 25.4. The SMILES string of the molecule is Nc1nc(/C(=N/O)C(=O)N[C@@H]2C(=O)N3C(C(=O)[O-])=C(C[n+]4cccc(-c5ncno5)c4)CS[C@H]23)ns1. The van der Waals surface area contributed by atoms with Gasteiger partial charge in [-0.25, -0.2) is 4.57 Å². The topological polar surface area (TPSA) is 217 Å². The van der Waals surface area contributed by atoms with E-state index in [9.17, 15) is 24.7 Å². The minimum absolute atomic E-state index is 0.0597. The van der Waals surface area contributed by atoms with Crippen LogP contribution in [0.2, 0.25) is 0 Å². The number of hydrogen-bond acceptors (Lipinski definition) is 14. The smallest absolute Gasteiger partial charge is 0.278 e. The minimum atomic E-state index is -1.51. The zero-order valence-corrected chi connectivity index (χ0v) is 19.6. The molecule has 5 heterocycles. The summed E-state index contributed by atoms with van der Waals surface area (Å²) in [5.74, 6) is -2.71. The van der Waals surface area contributed by atoms with Crippen molar-refractivity contribution in [3.8, 4) is 11.5 Å². The first-order valence-corrected chi connectivity index (χ1v) is 12.0. The number of aromatic nitrogens is 5. The number of nitrogens with zero attached hydrogens (tertiary/aromatic N) is 7. The number of hydrogen-bond donors (Lipinski definition) is 3. The summed E-state index contributed by atoms with van der Waals surface area (Å²) in [6.07, 6.45) is 4.71. The van der Waals surface area contributed by atoms with Crippen molar-refractivity contribution in [3.63, 3.8) is 0 Å². The molecule has 2 atom stereocenters. The summed E-state index contributed by atoms with van der Waals surface area (Å²) in [6.45, 7) is 0.157. The third kappa shape index (κ3) is 4.13. The number of carboxylic acid groups (broad SMARTS) is 1. The van der Waals surface area contributed by atoms with Gasteiger partial charge in [0, 0.05) is 28.9 Å². The average molecular weight is 530 g/mol. The maximum atomic E-state index is 12.9. The van der Waals surface area contributed by atoms with Crippen molar-refractivity contribution in [1.82, 2.24) is 29.7 Å². The van der Waals surface area contributed by atoms with Gasteiger partial charge in [-0.15, -0.1) is 11.8 Å². The summed E-state index contributed by atoms with van der Waals surface area (Å²) < 4.78 is 10.6. The van der Waals surface area contributed by atoms with Crippen LogP contribution in [0.1, 0.15) is 5.82 Å². The first-order chi connectivity index (χ1) is 17.4. The number of nitrogens with two attached hydrogens (primary N) is 1. The number of aliphatic carboxylic acids is 1. The molecule has 0 radical (unpaired) electrons. The normalized spacial score (nSPS) is 19.6. The number of carbonyl (C=O) groups excluding carboxylic acids is 3. The van der Waals surface area contributed by atoms with Crippen LogP contribution < -0.4 is 20.7 Å². The lowest BCUT2D eigenvalue weighted by Gasteiger charge is -2.50. The molecule has 17 heteroatoms. The Balaban J connectivity index is 1.34. The first-order valence-electron chi connectivity index (χ1n) is 10.1. The number of nitrogens with one attached hydrogen (secondary N) is 1. The van der Waals surface area contributed by atoms with E-state index in [1.807, 2.05) is 0 Å². The van der Waals surface area contributed by atoms with E-state index in [0.29, 0.717) is 17.0 Å². The fourth-order valence-corrected chi connectivity index (χ4v) is 5.56. The van der Waals surface area contributed by atoms with Crippen LogP contribution in [0.15, 0.2) is 51.8 Å². The predicted octanol–water partition coefficient (Wildman–Crippen LogP) is -2.26. The van der Waals surface area contributed by atoms with E-state index >= 15 is 0 Å². The lowest BCUT2D eigenvalue weighted by molar-refractivity contribution is -0.688. The van der Waals surface area contributed by atoms with Gasteiger partial charge in [-0.1, -0.05) is 10.3 Å². The molecule has 5 rings (SSSR count). The number of carbonyl (C=O) groups is 3. The van der Waals surface area contributed by atoms with Gasteiger partial charge in [-0.3, -0.25) is 14.5 Å². The Kier molecular flexibility index (Phi) is 6.06. The Morgan fingerprint density at radius 1 is 1.44 bits per heavy atom. The van der Waals surface area contributed by atoms with Crippen LogP contribution in [0, 0.1) is 0 Å². The number of rotatable bonds is 7. The van der Waals surface area contributed by atoms with Crippen molar-refractivity contribution in [2.45, 2.75) is 18.0 Å². The van der Waals surface area contributed by atoms with Crippen LogP contribution in [0.5, 0.6) is 0 Å². The molecule has 0 unspecified atom stereocenters. The average Bonchev–Trinajstić information content (AvgIpc) is 3.55. The molecule has 36 heavy (non-hydrogen) atoms. The van der Waals surface area contributed by atoms with Crippen molar-refractivity contribution in [2.75, 3.05) is 11.5 Å². The highest BCUT2D eigenvalue weighted by Gasteiger charge is 2.53. The zero-order valence-electron chi connectivity index (χ0n) is 18.0. The van der Waals surface area contributed by atoms with Crippen LogP contribution >= 0.6 is 23.3 Å². The fraction of sp³-hybridized carbons (Fsp3) is 0.211. The van der Waals surface area contributed by atoms with Gasteiger partial charge in [0.1, 0.15) is 17.0 Å². The Hall–Kier alpha value is -4.38. The van der Waals surface area contributed by atoms with E-state index < -0.39 is 34.9 Å². The highest BCUT2D eigenvalue weighted by Crippen LogP contribution is 2.40. The Labute approximate surface area is 209 Å². The Bertz CT molecular complexity index is 1420. The number of thioether (sulfide) groups is 1. The van der Waals surface area contributed by atoms with Crippen LogP contribution in [0.4, 0.5) is 5.13 Å². The maximum Gasteiger partial charge on any atom is 0.278 e. The third-order valence-corrected chi connectivity index (χ3v) is 7.22. The second kappa shape index (κ2) is 9.34. The molecular formula is C19H15N9O6S2. The number of fused-ring (bicyclic) bond motifs is 1.